The lowest BCUT2D eigenvalue weighted by molar-refractivity contribution is 0.0992. The van der Waals surface area contributed by atoms with Crippen molar-refractivity contribution in [1.29, 1.82) is 0 Å². The van der Waals surface area contributed by atoms with Gasteiger partial charge in [-0.15, -0.1) is 0 Å². The topological polar surface area (TPSA) is 12.0 Å². The maximum Gasteiger partial charge on any atom is 0.257 e. The molecular formula is C10H12F3N. The van der Waals surface area contributed by atoms with Crippen molar-refractivity contribution in [3.8, 4) is 0 Å². The number of alkyl halides is 2. The predicted molar refractivity (Wildman–Crippen MR) is 48.8 cm³/mol. The number of benzene rings is 1. The highest BCUT2D eigenvalue weighted by Crippen LogP contribution is 2.20. The van der Waals surface area contributed by atoms with E-state index in [2.05, 4.69) is 5.32 Å². The molecule has 14 heavy (non-hydrogen) atoms. The Kier molecular flexibility index (Phi) is 3.95. The second-order valence-corrected chi connectivity index (χ2v) is 2.92. The smallest absolute Gasteiger partial charge is 0.257 e. The van der Waals surface area contributed by atoms with Crippen LogP contribution in [-0.4, -0.2) is 13.0 Å². The van der Waals surface area contributed by atoms with Crippen LogP contribution < -0.4 is 5.32 Å². The number of rotatable bonds is 4. The highest BCUT2D eigenvalue weighted by Gasteiger charge is 2.20. The van der Waals surface area contributed by atoms with E-state index < -0.39 is 18.3 Å². The molecule has 0 bridgehead atoms. The van der Waals surface area contributed by atoms with Crippen LogP contribution in [0.5, 0.6) is 0 Å². The van der Waals surface area contributed by atoms with E-state index in [1.54, 1.807) is 6.92 Å². The summed E-state index contributed by atoms with van der Waals surface area (Å²) in [6.07, 6.45) is -2.49. The second kappa shape index (κ2) is 5.00. The lowest BCUT2D eigenvalue weighted by atomic mass is 10.1. The van der Waals surface area contributed by atoms with E-state index in [0.717, 1.165) is 0 Å². The third kappa shape index (κ3) is 2.73. The average molecular weight is 203 g/mol. The molecule has 0 fully saturated rings. The van der Waals surface area contributed by atoms with E-state index >= 15 is 0 Å². The first-order valence-electron chi connectivity index (χ1n) is 4.42. The molecule has 1 rings (SSSR count). The Morgan fingerprint density at radius 2 is 1.79 bits per heavy atom. The maximum atomic E-state index is 12.5. The summed E-state index contributed by atoms with van der Waals surface area (Å²) in [5.41, 5.74) is 0.406. The molecule has 0 spiro atoms. The molecule has 0 aliphatic carbocycles. The van der Waals surface area contributed by atoms with Gasteiger partial charge in [0, 0.05) is 0 Å². The second-order valence-electron chi connectivity index (χ2n) is 2.92. The first-order chi connectivity index (χ1) is 6.65. The summed E-state index contributed by atoms with van der Waals surface area (Å²) >= 11 is 0. The molecule has 1 aromatic carbocycles. The first kappa shape index (κ1) is 11.0. The maximum absolute atomic E-state index is 12.5. The van der Waals surface area contributed by atoms with Gasteiger partial charge in [0.1, 0.15) is 5.82 Å². The number of hydrogen-bond acceptors (Lipinski definition) is 1. The average Bonchev–Trinajstić information content (AvgIpc) is 2.15. The van der Waals surface area contributed by atoms with Crippen molar-refractivity contribution in [3.63, 3.8) is 0 Å². The summed E-state index contributed by atoms with van der Waals surface area (Å²) in [5.74, 6) is -0.418. The molecule has 0 saturated carbocycles. The Morgan fingerprint density at radius 1 is 1.21 bits per heavy atom. The minimum atomic E-state index is -2.49. The molecule has 0 radical (unpaired) electrons. The van der Waals surface area contributed by atoms with Crippen molar-refractivity contribution in [2.75, 3.05) is 6.54 Å². The Hall–Kier alpha value is -1.03. The monoisotopic (exact) mass is 203 g/mol. The number of halogens is 3. The molecule has 1 nitrogen and oxygen atoms in total. The van der Waals surface area contributed by atoms with Crippen LogP contribution in [0.1, 0.15) is 18.5 Å². The molecule has 0 aliphatic rings. The quantitative estimate of drug-likeness (QED) is 0.793. The van der Waals surface area contributed by atoms with Crippen LogP contribution in [0.3, 0.4) is 0 Å². The van der Waals surface area contributed by atoms with Crippen molar-refractivity contribution >= 4 is 0 Å². The fourth-order valence-corrected chi connectivity index (χ4v) is 1.24. The Balaban J connectivity index is 2.82. The number of nitrogens with one attached hydrogen (secondary N) is 1. The predicted octanol–water partition coefficient (Wildman–Crippen LogP) is 2.74. The van der Waals surface area contributed by atoms with Gasteiger partial charge < -0.3 is 5.32 Å². The van der Waals surface area contributed by atoms with Gasteiger partial charge >= 0.3 is 0 Å². The van der Waals surface area contributed by atoms with Gasteiger partial charge in [0.25, 0.3) is 6.43 Å². The summed E-state index contributed by atoms with van der Waals surface area (Å²) < 4.78 is 37.6. The molecule has 1 unspecified atom stereocenters. The van der Waals surface area contributed by atoms with E-state index in [-0.39, 0.29) is 0 Å². The Morgan fingerprint density at radius 3 is 2.21 bits per heavy atom. The minimum absolute atomic E-state index is 0.406. The van der Waals surface area contributed by atoms with Crippen LogP contribution in [0.15, 0.2) is 24.3 Å². The molecular weight excluding hydrogens is 191 g/mol. The number of hydrogen-bond donors (Lipinski definition) is 1. The van der Waals surface area contributed by atoms with Crippen LogP contribution >= 0.6 is 0 Å². The fraction of sp³-hybridized carbons (Fsp3) is 0.400. The lowest BCUT2D eigenvalue weighted by Crippen LogP contribution is -2.26. The standard InChI is InChI=1S/C10H12F3N/c1-2-14-9(10(12)13)7-3-5-8(11)6-4-7/h3-6,9-10,14H,2H2,1H3. The highest BCUT2D eigenvalue weighted by atomic mass is 19.3. The van der Waals surface area contributed by atoms with Crippen LogP contribution in [0.4, 0.5) is 13.2 Å². The van der Waals surface area contributed by atoms with Crippen LogP contribution in [0, 0.1) is 5.82 Å². The van der Waals surface area contributed by atoms with Gasteiger partial charge in [0.15, 0.2) is 0 Å². The molecule has 0 aliphatic heterocycles. The Labute approximate surface area is 80.9 Å². The van der Waals surface area contributed by atoms with Crippen molar-refractivity contribution < 1.29 is 13.2 Å². The fourth-order valence-electron chi connectivity index (χ4n) is 1.24. The third-order valence-corrected chi connectivity index (χ3v) is 1.91. The SMILES string of the molecule is CCNC(c1ccc(F)cc1)C(F)F. The van der Waals surface area contributed by atoms with Gasteiger partial charge in [-0.25, -0.2) is 13.2 Å². The van der Waals surface area contributed by atoms with Crippen LogP contribution in [0.2, 0.25) is 0 Å². The van der Waals surface area contributed by atoms with E-state index in [4.69, 9.17) is 0 Å². The van der Waals surface area contributed by atoms with Gasteiger partial charge in [-0.2, -0.15) is 0 Å². The zero-order valence-electron chi connectivity index (χ0n) is 7.81. The summed E-state index contributed by atoms with van der Waals surface area (Å²) in [6.45, 7) is 2.20. The summed E-state index contributed by atoms with van der Waals surface area (Å²) in [4.78, 5) is 0. The van der Waals surface area contributed by atoms with Gasteiger partial charge in [0.2, 0.25) is 0 Å². The highest BCUT2D eigenvalue weighted by molar-refractivity contribution is 5.20. The molecule has 1 N–H and O–H groups in total. The zero-order chi connectivity index (χ0) is 10.6. The van der Waals surface area contributed by atoms with E-state index in [1.807, 2.05) is 0 Å². The lowest BCUT2D eigenvalue weighted by Gasteiger charge is -2.16. The first-order valence-corrected chi connectivity index (χ1v) is 4.42. The largest absolute Gasteiger partial charge is 0.306 e. The summed E-state index contributed by atoms with van der Waals surface area (Å²) in [7, 11) is 0. The summed E-state index contributed by atoms with van der Waals surface area (Å²) in [5, 5.41) is 2.65. The van der Waals surface area contributed by atoms with Crippen molar-refractivity contribution in [1.82, 2.24) is 5.32 Å². The van der Waals surface area contributed by atoms with Crippen molar-refractivity contribution in [3.05, 3.63) is 35.6 Å². The van der Waals surface area contributed by atoms with Crippen LogP contribution in [-0.2, 0) is 0 Å². The Bertz CT molecular complexity index is 271. The molecule has 4 heteroatoms. The molecule has 1 aromatic rings. The molecule has 0 saturated heterocycles. The molecule has 0 heterocycles. The summed E-state index contributed by atoms with van der Waals surface area (Å²) in [6, 6.07) is 4.09. The zero-order valence-corrected chi connectivity index (χ0v) is 7.81. The van der Waals surface area contributed by atoms with Gasteiger partial charge in [-0.3, -0.25) is 0 Å². The third-order valence-electron chi connectivity index (χ3n) is 1.91. The minimum Gasteiger partial charge on any atom is -0.306 e. The van der Waals surface area contributed by atoms with Gasteiger partial charge in [0.05, 0.1) is 6.04 Å². The van der Waals surface area contributed by atoms with Gasteiger partial charge in [-0.05, 0) is 24.2 Å². The van der Waals surface area contributed by atoms with Gasteiger partial charge in [-0.1, -0.05) is 19.1 Å². The van der Waals surface area contributed by atoms with E-state index in [9.17, 15) is 13.2 Å². The van der Waals surface area contributed by atoms with E-state index in [1.165, 1.54) is 24.3 Å². The molecule has 78 valence electrons. The molecule has 1 atom stereocenters. The normalized spacial score (nSPS) is 13.2. The van der Waals surface area contributed by atoms with E-state index in [0.29, 0.717) is 12.1 Å². The van der Waals surface area contributed by atoms with Crippen LogP contribution in [0.25, 0.3) is 0 Å². The van der Waals surface area contributed by atoms with Crippen molar-refractivity contribution in [2.45, 2.75) is 19.4 Å². The molecule has 0 amide bonds. The molecule has 0 aromatic heterocycles. The van der Waals surface area contributed by atoms with Crippen molar-refractivity contribution in [2.24, 2.45) is 0 Å².